The first-order valence-electron chi connectivity index (χ1n) is 7.79. The number of benzene rings is 2. The van der Waals surface area contributed by atoms with E-state index in [4.69, 9.17) is 5.26 Å². The van der Waals surface area contributed by atoms with Crippen molar-refractivity contribution in [1.29, 1.82) is 5.26 Å². The zero-order chi connectivity index (χ0) is 17.4. The number of nitrogens with zero attached hydrogens (tertiary/aromatic N) is 3. The van der Waals surface area contributed by atoms with Crippen molar-refractivity contribution in [1.82, 2.24) is 9.55 Å². The van der Waals surface area contributed by atoms with Crippen molar-refractivity contribution in [3.63, 3.8) is 0 Å². The summed E-state index contributed by atoms with van der Waals surface area (Å²) in [5.41, 5.74) is 2.80. The summed E-state index contributed by atoms with van der Waals surface area (Å²) in [5, 5.41) is 11.8. The predicted molar refractivity (Wildman–Crippen MR) is 89.8 cm³/mol. The molecule has 6 heteroatoms. The van der Waals surface area contributed by atoms with Crippen molar-refractivity contribution in [3.8, 4) is 11.8 Å². The van der Waals surface area contributed by atoms with E-state index in [1.807, 2.05) is 12.1 Å². The lowest BCUT2D eigenvalue weighted by Gasteiger charge is -2.23. The quantitative estimate of drug-likeness (QED) is 0.782. The van der Waals surface area contributed by atoms with Crippen molar-refractivity contribution >= 4 is 11.7 Å². The van der Waals surface area contributed by atoms with Crippen LogP contribution in [0.1, 0.15) is 29.2 Å². The van der Waals surface area contributed by atoms with Gasteiger partial charge in [-0.3, -0.25) is 9.36 Å². The number of carbonyl (C=O) groups is 1. The van der Waals surface area contributed by atoms with Crippen LogP contribution in [0.4, 0.5) is 10.2 Å². The summed E-state index contributed by atoms with van der Waals surface area (Å²) in [6.45, 7) is 0. The summed E-state index contributed by atoms with van der Waals surface area (Å²) in [6.07, 6.45) is 1.86. The van der Waals surface area contributed by atoms with E-state index < -0.39 is 0 Å². The molecule has 0 radical (unpaired) electrons. The molecule has 1 aliphatic rings. The van der Waals surface area contributed by atoms with Gasteiger partial charge in [-0.05, 0) is 35.9 Å². The molecule has 1 amide bonds. The highest BCUT2D eigenvalue weighted by atomic mass is 19.1. The second kappa shape index (κ2) is 5.87. The average molecular weight is 332 g/mol. The smallest absolute Gasteiger partial charge is 0.226 e. The number of hydrogen-bond donors (Lipinski definition) is 1. The van der Waals surface area contributed by atoms with Crippen LogP contribution in [0.25, 0.3) is 5.69 Å². The maximum absolute atomic E-state index is 13.5. The van der Waals surface area contributed by atoms with Crippen LogP contribution in [0, 0.1) is 17.1 Å². The average Bonchev–Trinajstić information content (AvgIpc) is 3.05. The normalized spacial score (nSPS) is 16.0. The molecule has 2 heterocycles. The van der Waals surface area contributed by atoms with Crippen LogP contribution in [0.5, 0.6) is 0 Å². The summed E-state index contributed by atoms with van der Waals surface area (Å²) in [6, 6.07) is 15.3. The number of aromatic nitrogens is 2. The molecule has 0 saturated heterocycles. The molecule has 1 N–H and O–H groups in total. The zero-order valence-electron chi connectivity index (χ0n) is 13.1. The van der Waals surface area contributed by atoms with Gasteiger partial charge in [0, 0.05) is 12.3 Å². The molecule has 0 saturated carbocycles. The Morgan fingerprint density at radius 2 is 2.04 bits per heavy atom. The maximum atomic E-state index is 13.5. The SMILES string of the molecule is N#Cc1ccc([C@@H]2CC(=O)Nc3c2ncn3-c2cccc(F)c2)cc1. The molecule has 1 aromatic heterocycles. The monoisotopic (exact) mass is 332 g/mol. The number of imidazole rings is 1. The minimum atomic E-state index is -0.356. The molecule has 5 nitrogen and oxygen atoms in total. The Morgan fingerprint density at radius 1 is 1.24 bits per heavy atom. The molecular weight excluding hydrogens is 319 g/mol. The van der Waals surface area contributed by atoms with Crippen LogP contribution in [-0.2, 0) is 4.79 Å². The largest absolute Gasteiger partial charge is 0.310 e. The van der Waals surface area contributed by atoms with Crippen LogP contribution in [0.15, 0.2) is 54.9 Å². The Morgan fingerprint density at radius 3 is 2.76 bits per heavy atom. The lowest BCUT2D eigenvalue weighted by molar-refractivity contribution is -0.116. The summed E-state index contributed by atoms with van der Waals surface area (Å²) in [4.78, 5) is 16.7. The molecule has 1 atom stereocenters. The van der Waals surface area contributed by atoms with E-state index >= 15 is 0 Å². The first kappa shape index (κ1) is 15.1. The van der Waals surface area contributed by atoms with E-state index in [1.165, 1.54) is 12.1 Å². The first-order chi connectivity index (χ1) is 12.2. The van der Waals surface area contributed by atoms with Gasteiger partial charge < -0.3 is 5.32 Å². The fraction of sp³-hybridized carbons (Fsp3) is 0.105. The van der Waals surface area contributed by atoms with Crippen molar-refractivity contribution in [3.05, 3.63) is 77.5 Å². The third kappa shape index (κ3) is 2.66. The lowest BCUT2D eigenvalue weighted by Crippen LogP contribution is -2.24. The second-order valence-corrected chi connectivity index (χ2v) is 5.87. The molecule has 0 bridgehead atoms. The number of carbonyl (C=O) groups excluding carboxylic acids is 1. The molecule has 25 heavy (non-hydrogen) atoms. The molecule has 0 unspecified atom stereocenters. The fourth-order valence-electron chi connectivity index (χ4n) is 3.09. The molecule has 0 fully saturated rings. The number of fused-ring (bicyclic) bond motifs is 1. The van der Waals surface area contributed by atoms with Crippen LogP contribution < -0.4 is 5.32 Å². The molecule has 0 aliphatic carbocycles. The Bertz CT molecular complexity index is 1000. The molecule has 3 aromatic rings. The molecule has 122 valence electrons. The highest BCUT2D eigenvalue weighted by molar-refractivity contribution is 5.94. The van der Waals surface area contributed by atoms with Crippen molar-refractivity contribution in [2.45, 2.75) is 12.3 Å². The summed E-state index contributed by atoms with van der Waals surface area (Å²) >= 11 is 0. The molecule has 1 aliphatic heterocycles. The van der Waals surface area contributed by atoms with Crippen molar-refractivity contribution in [2.24, 2.45) is 0 Å². The first-order valence-corrected chi connectivity index (χ1v) is 7.79. The Kier molecular flexibility index (Phi) is 3.55. The highest BCUT2D eigenvalue weighted by Gasteiger charge is 2.30. The third-order valence-corrected chi connectivity index (χ3v) is 4.30. The Balaban J connectivity index is 1.80. The lowest BCUT2D eigenvalue weighted by atomic mass is 9.89. The number of nitrogens with one attached hydrogen (secondary N) is 1. The number of halogens is 1. The molecule has 2 aromatic carbocycles. The van der Waals surface area contributed by atoms with Crippen molar-refractivity contribution in [2.75, 3.05) is 5.32 Å². The third-order valence-electron chi connectivity index (χ3n) is 4.30. The van der Waals surface area contributed by atoms with Gasteiger partial charge in [-0.2, -0.15) is 5.26 Å². The van der Waals surface area contributed by atoms with Crippen molar-refractivity contribution < 1.29 is 9.18 Å². The van der Waals surface area contributed by atoms with Crippen LogP contribution >= 0.6 is 0 Å². The highest BCUT2D eigenvalue weighted by Crippen LogP contribution is 2.37. The number of anilines is 1. The van der Waals surface area contributed by atoms with Gasteiger partial charge in [0.1, 0.15) is 18.0 Å². The van der Waals surface area contributed by atoms with E-state index in [0.29, 0.717) is 17.1 Å². The minimum Gasteiger partial charge on any atom is -0.310 e. The van der Waals surface area contributed by atoms with Gasteiger partial charge in [-0.25, -0.2) is 9.37 Å². The number of amides is 1. The van der Waals surface area contributed by atoms with E-state index in [9.17, 15) is 9.18 Å². The van der Waals surface area contributed by atoms with Gasteiger partial charge in [0.05, 0.1) is 23.0 Å². The van der Waals surface area contributed by atoms with Gasteiger partial charge in [0.15, 0.2) is 0 Å². The molecule has 0 spiro atoms. The van der Waals surface area contributed by atoms with Gasteiger partial charge >= 0.3 is 0 Å². The number of hydrogen-bond acceptors (Lipinski definition) is 3. The van der Waals surface area contributed by atoms with E-state index in [1.54, 1.807) is 35.2 Å². The maximum Gasteiger partial charge on any atom is 0.226 e. The van der Waals surface area contributed by atoms with Gasteiger partial charge in [0.25, 0.3) is 0 Å². The predicted octanol–water partition coefficient (Wildman–Crippen LogP) is 3.36. The van der Waals surface area contributed by atoms with E-state index in [2.05, 4.69) is 16.4 Å². The minimum absolute atomic E-state index is 0.125. The summed E-state index contributed by atoms with van der Waals surface area (Å²) in [5.74, 6) is -0.131. The number of rotatable bonds is 2. The standard InChI is InChI=1S/C19H13FN4O/c20-14-2-1-3-15(8-14)24-11-22-18-16(9-17(25)23-19(18)24)13-6-4-12(10-21)5-7-13/h1-8,11,16H,9H2,(H,23,25)/t16-/m0/s1. The second-order valence-electron chi connectivity index (χ2n) is 5.87. The Labute approximate surface area is 143 Å². The molecule has 4 rings (SSSR count). The molecular formula is C19H13FN4O. The topological polar surface area (TPSA) is 70.7 Å². The zero-order valence-corrected chi connectivity index (χ0v) is 13.1. The van der Waals surface area contributed by atoms with Gasteiger partial charge in [-0.15, -0.1) is 0 Å². The van der Waals surface area contributed by atoms with E-state index in [0.717, 1.165) is 11.3 Å². The van der Waals surface area contributed by atoms with Crippen LogP contribution in [0.2, 0.25) is 0 Å². The fourth-order valence-corrected chi connectivity index (χ4v) is 3.09. The van der Waals surface area contributed by atoms with E-state index in [-0.39, 0.29) is 24.1 Å². The Hall–Kier alpha value is -3.46. The van der Waals surface area contributed by atoms with Gasteiger partial charge in [0.2, 0.25) is 5.91 Å². The van der Waals surface area contributed by atoms with Crippen LogP contribution in [-0.4, -0.2) is 15.5 Å². The van der Waals surface area contributed by atoms with Crippen LogP contribution in [0.3, 0.4) is 0 Å². The summed E-state index contributed by atoms with van der Waals surface area (Å²) < 4.78 is 15.2. The van der Waals surface area contributed by atoms with Gasteiger partial charge in [-0.1, -0.05) is 18.2 Å². The summed E-state index contributed by atoms with van der Waals surface area (Å²) in [7, 11) is 0. The number of nitriles is 1.